The molecule has 1 rings (SSSR count). The Morgan fingerprint density at radius 2 is 2.12 bits per heavy atom. The zero-order valence-corrected chi connectivity index (χ0v) is 10.1. The summed E-state index contributed by atoms with van der Waals surface area (Å²) in [5.41, 5.74) is 0.635. The van der Waals surface area contributed by atoms with Crippen molar-refractivity contribution in [1.82, 2.24) is 0 Å². The fourth-order valence-corrected chi connectivity index (χ4v) is 1.64. The summed E-state index contributed by atoms with van der Waals surface area (Å²) in [5.74, 6) is -0.262. The van der Waals surface area contributed by atoms with E-state index in [0.29, 0.717) is 12.1 Å². The first-order valence-corrected chi connectivity index (χ1v) is 5.42. The van der Waals surface area contributed by atoms with Crippen LogP contribution in [0.5, 0.6) is 5.75 Å². The molecule has 0 fully saturated rings. The van der Waals surface area contributed by atoms with Gasteiger partial charge in [-0.2, -0.15) is 0 Å². The molecule has 4 nitrogen and oxygen atoms in total. The van der Waals surface area contributed by atoms with E-state index in [2.05, 4.69) is 0 Å². The molecule has 0 saturated carbocycles. The lowest BCUT2D eigenvalue weighted by Gasteiger charge is -2.28. The van der Waals surface area contributed by atoms with Crippen LogP contribution in [0.1, 0.15) is 6.42 Å². The lowest BCUT2D eigenvalue weighted by Crippen LogP contribution is -2.35. The van der Waals surface area contributed by atoms with Gasteiger partial charge in [0.1, 0.15) is 0 Å². The van der Waals surface area contributed by atoms with Crippen LogP contribution in [0.25, 0.3) is 0 Å². The highest BCUT2D eigenvalue weighted by Crippen LogP contribution is 2.24. The van der Waals surface area contributed by atoms with Crippen molar-refractivity contribution in [3.05, 3.63) is 24.0 Å². The third-order valence-electron chi connectivity index (χ3n) is 2.76. The molecule has 1 aromatic rings. The summed E-state index contributed by atoms with van der Waals surface area (Å²) in [6, 6.07) is 4.36. The monoisotopic (exact) mass is 243 g/mol. The first kappa shape index (κ1) is 13.7. The van der Waals surface area contributed by atoms with Gasteiger partial charge in [-0.25, -0.2) is 4.39 Å². The molecule has 5 heteroatoms. The van der Waals surface area contributed by atoms with E-state index in [-0.39, 0.29) is 25.0 Å². The summed E-state index contributed by atoms with van der Waals surface area (Å²) in [5, 5.41) is 18.1. The summed E-state index contributed by atoms with van der Waals surface area (Å²) in [7, 11) is 3.15. The van der Waals surface area contributed by atoms with Crippen LogP contribution in [-0.4, -0.2) is 43.6 Å². The van der Waals surface area contributed by atoms with Crippen LogP contribution >= 0.6 is 0 Å². The van der Waals surface area contributed by atoms with Crippen molar-refractivity contribution in [2.24, 2.45) is 0 Å². The first-order valence-electron chi connectivity index (χ1n) is 5.42. The number of likely N-dealkylation sites (N-methyl/N-ethyl adjacent to an activating group) is 1. The fraction of sp³-hybridized carbons (Fsp3) is 0.500. The summed E-state index contributed by atoms with van der Waals surface area (Å²) < 4.78 is 18.3. The topological polar surface area (TPSA) is 52.9 Å². The molecule has 17 heavy (non-hydrogen) atoms. The summed E-state index contributed by atoms with van der Waals surface area (Å²) in [6.07, 6.45) is 0.431. The Bertz CT molecular complexity index is 360. The molecule has 0 aromatic heterocycles. The third-order valence-corrected chi connectivity index (χ3v) is 2.76. The second-order valence-electron chi connectivity index (χ2n) is 3.78. The number of halogens is 1. The van der Waals surface area contributed by atoms with Crippen molar-refractivity contribution in [2.45, 2.75) is 12.5 Å². The smallest absolute Gasteiger partial charge is 0.167 e. The van der Waals surface area contributed by atoms with Crippen LogP contribution in [0.2, 0.25) is 0 Å². The van der Waals surface area contributed by atoms with E-state index < -0.39 is 5.82 Å². The second kappa shape index (κ2) is 6.42. The maximum Gasteiger partial charge on any atom is 0.167 e. The van der Waals surface area contributed by atoms with Gasteiger partial charge >= 0.3 is 0 Å². The highest BCUT2D eigenvalue weighted by Gasteiger charge is 2.15. The van der Waals surface area contributed by atoms with E-state index in [1.54, 1.807) is 18.0 Å². The lowest BCUT2D eigenvalue weighted by molar-refractivity contribution is 0.218. The first-order chi connectivity index (χ1) is 8.13. The Hall–Kier alpha value is -1.33. The van der Waals surface area contributed by atoms with Crippen LogP contribution in [0.15, 0.2) is 18.2 Å². The van der Waals surface area contributed by atoms with Gasteiger partial charge in [0.15, 0.2) is 11.6 Å². The van der Waals surface area contributed by atoms with Gasteiger partial charge in [-0.3, -0.25) is 0 Å². The van der Waals surface area contributed by atoms with Gasteiger partial charge in [0.2, 0.25) is 0 Å². The van der Waals surface area contributed by atoms with Gasteiger partial charge in [0.05, 0.1) is 19.8 Å². The Labute approximate surface area is 100 Å². The molecule has 1 aromatic carbocycles. The van der Waals surface area contributed by atoms with E-state index in [1.165, 1.54) is 19.2 Å². The molecule has 0 aliphatic carbocycles. The summed E-state index contributed by atoms with van der Waals surface area (Å²) in [6.45, 7) is -0.112. The Kier molecular flexibility index (Phi) is 5.18. The largest absolute Gasteiger partial charge is 0.494 e. The van der Waals surface area contributed by atoms with Crippen LogP contribution in [0.3, 0.4) is 0 Å². The van der Waals surface area contributed by atoms with Gasteiger partial charge < -0.3 is 19.8 Å². The molecule has 0 radical (unpaired) electrons. The zero-order valence-electron chi connectivity index (χ0n) is 10.1. The molecule has 2 N–H and O–H groups in total. The number of hydrogen-bond donors (Lipinski definition) is 2. The molecule has 0 aliphatic heterocycles. The molecule has 0 spiro atoms. The molecule has 0 saturated heterocycles. The van der Waals surface area contributed by atoms with Crippen molar-refractivity contribution >= 4 is 5.69 Å². The van der Waals surface area contributed by atoms with Crippen LogP contribution in [-0.2, 0) is 0 Å². The number of aliphatic hydroxyl groups excluding tert-OH is 2. The minimum atomic E-state index is -0.447. The van der Waals surface area contributed by atoms with Crippen molar-refractivity contribution in [1.29, 1.82) is 0 Å². The Balaban J connectivity index is 2.87. The predicted molar refractivity (Wildman–Crippen MR) is 63.9 cm³/mol. The highest BCUT2D eigenvalue weighted by molar-refractivity contribution is 5.50. The molecule has 96 valence electrons. The van der Waals surface area contributed by atoms with Crippen molar-refractivity contribution < 1.29 is 19.3 Å². The molecule has 0 bridgehead atoms. The molecule has 1 atom stereocenters. The zero-order chi connectivity index (χ0) is 12.8. The standard InChI is InChI=1S/C12H18FNO3/c1-14(10(8-16)5-6-15)9-3-4-12(17-2)11(13)7-9/h3-4,7,10,15-16H,5-6,8H2,1-2H3. The average Bonchev–Trinajstić information content (AvgIpc) is 2.35. The van der Waals surface area contributed by atoms with E-state index in [9.17, 15) is 9.50 Å². The number of anilines is 1. The molecule has 0 aliphatic rings. The molecule has 0 heterocycles. The molecular weight excluding hydrogens is 225 g/mol. The van der Waals surface area contributed by atoms with Crippen LogP contribution in [0, 0.1) is 5.82 Å². The molecular formula is C12H18FNO3. The Morgan fingerprint density at radius 3 is 2.59 bits per heavy atom. The van der Waals surface area contributed by atoms with Crippen LogP contribution < -0.4 is 9.64 Å². The summed E-state index contributed by atoms with van der Waals surface area (Å²) >= 11 is 0. The number of benzene rings is 1. The second-order valence-corrected chi connectivity index (χ2v) is 3.78. The van der Waals surface area contributed by atoms with Crippen molar-refractivity contribution in [3.63, 3.8) is 0 Å². The maximum absolute atomic E-state index is 13.5. The van der Waals surface area contributed by atoms with Gasteiger partial charge in [-0.1, -0.05) is 0 Å². The number of methoxy groups -OCH3 is 1. The van der Waals surface area contributed by atoms with Gasteiger partial charge in [0, 0.05) is 25.4 Å². The average molecular weight is 243 g/mol. The summed E-state index contributed by atoms with van der Waals surface area (Å²) in [4.78, 5) is 1.73. The fourth-order valence-electron chi connectivity index (χ4n) is 1.64. The SMILES string of the molecule is COc1ccc(N(C)C(CO)CCO)cc1F. The maximum atomic E-state index is 13.5. The predicted octanol–water partition coefficient (Wildman–Crippen LogP) is 1.01. The van der Waals surface area contributed by atoms with Gasteiger partial charge in [0.25, 0.3) is 0 Å². The molecule has 1 unspecified atom stereocenters. The van der Waals surface area contributed by atoms with Gasteiger partial charge in [-0.15, -0.1) is 0 Å². The Morgan fingerprint density at radius 1 is 1.41 bits per heavy atom. The van der Waals surface area contributed by atoms with E-state index in [1.807, 2.05) is 0 Å². The number of rotatable bonds is 6. The van der Waals surface area contributed by atoms with Crippen LogP contribution in [0.4, 0.5) is 10.1 Å². The number of aliphatic hydroxyl groups is 2. The normalized spacial score (nSPS) is 12.3. The van der Waals surface area contributed by atoms with Crippen molar-refractivity contribution in [2.75, 3.05) is 32.3 Å². The third kappa shape index (κ3) is 3.31. The number of hydrogen-bond acceptors (Lipinski definition) is 4. The van der Waals surface area contributed by atoms with E-state index in [0.717, 1.165) is 0 Å². The number of nitrogens with zero attached hydrogens (tertiary/aromatic N) is 1. The minimum absolute atomic E-state index is 0.0196. The van der Waals surface area contributed by atoms with E-state index in [4.69, 9.17) is 9.84 Å². The highest BCUT2D eigenvalue weighted by atomic mass is 19.1. The number of ether oxygens (including phenoxy) is 1. The van der Waals surface area contributed by atoms with E-state index >= 15 is 0 Å². The molecule has 0 amide bonds. The van der Waals surface area contributed by atoms with Gasteiger partial charge in [-0.05, 0) is 18.6 Å². The minimum Gasteiger partial charge on any atom is -0.494 e. The van der Waals surface area contributed by atoms with Crippen molar-refractivity contribution in [3.8, 4) is 5.75 Å². The quantitative estimate of drug-likeness (QED) is 0.783. The lowest BCUT2D eigenvalue weighted by atomic mass is 10.1.